The summed E-state index contributed by atoms with van der Waals surface area (Å²) in [4.78, 5) is 27.9. The van der Waals surface area contributed by atoms with Crippen molar-refractivity contribution in [3.05, 3.63) is 89.5 Å². The average molecular weight is 412 g/mol. The number of rotatable bonds is 9. The normalized spacial score (nSPS) is 10.6. The van der Waals surface area contributed by atoms with Gasteiger partial charge in [-0.05, 0) is 29.7 Å². The number of carbonyl (C=O) groups is 2. The molecule has 0 aliphatic heterocycles. The maximum atomic E-state index is 13.6. The van der Waals surface area contributed by atoms with Crippen LogP contribution in [0.3, 0.4) is 0 Å². The summed E-state index contributed by atoms with van der Waals surface area (Å²) < 4.78 is 28.4. The van der Waals surface area contributed by atoms with Crippen LogP contribution in [0.5, 0.6) is 0 Å². The zero-order valence-electron chi connectivity index (χ0n) is 16.3. The lowest BCUT2D eigenvalue weighted by atomic mass is 10.1. The van der Waals surface area contributed by atoms with Gasteiger partial charge in [0.05, 0.1) is 11.9 Å². The molecular formula is C22H22F2N4O2. The lowest BCUT2D eigenvalue weighted by Gasteiger charge is -2.08. The highest BCUT2D eigenvalue weighted by Gasteiger charge is 2.12. The van der Waals surface area contributed by atoms with E-state index in [1.54, 1.807) is 12.5 Å². The quantitative estimate of drug-likeness (QED) is 0.531. The second kappa shape index (κ2) is 10.3. The van der Waals surface area contributed by atoms with E-state index in [2.05, 4.69) is 15.6 Å². The summed E-state index contributed by atoms with van der Waals surface area (Å²) in [5.41, 5.74) is 1.89. The van der Waals surface area contributed by atoms with E-state index in [0.717, 1.165) is 29.8 Å². The van der Waals surface area contributed by atoms with Crippen LogP contribution in [-0.2, 0) is 17.9 Å². The van der Waals surface area contributed by atoms with Gasteiger partial charge in [-0.3, -0.25) is 9.59 Å². The van der Waals surface area contributed by atoms with Crippen molar-refractivity contribution in [3.63, 3.8) is 0 Å². The molecule has 0 fully saturated rings. The number of carbonyl (C=O) groups excluding carboxylic acids is 2. The Balaban J connectivity index is 1.34. The molecule has 3 aromatic rings. The molecule has 2 N–H and O–H groups in total. The van der Waals surface area contributed by atoms with Crippen molar-refractivity contribution >= 4 is 11.8 Å². The Bertz CT molecular complexity index is 989. The number of amides is 2. The first-order valence-electron chi connectivity index (χ1n) is 9.55. The Labute approximate surface area is 172 Å². The first-order valence-corrected chi connectivity index (χ1v) is 9.55. The molecule has 0 saturated carbocycles. The fraction of sp³-hybridized carbons (Fsp3) is 0.227. The number of imidazole rings is 1. The van der Waals surface area contributed by atoms with Crippen molar-refractivity contribution < 1.29 is 18.4 Å². The number of hydrogen-bond acceptors (Lipinski definition) is 3. The molecule has 8 heteroatoms. The Morgan fingerprint density at radius 1 is 1.00 bits per heavy atom. The van der Waals surface area contributed by atoms with Gasteiger partial charge in [0, 0.05) is 44.5 Å². The van der Waals surface area contributed by atoms with Crippen LogP contribution in [0, 0.1) is 11.6 Å². The summed E-state index contributed by atoms with van der Waals surface area (Å²) in [5.74, 6) is -2.43. The molecule has 0 radical (unpaired) electrons. The van der Waals surface area contributed by atoms with Crippen LogP contribution >= 0.6 is 0 Å². The third kappa shape index (κ3) is 6.23. The van der Waals surface area contributed by atoms with Gasteiger partial charge < -0.3 is 15.2 Å². The standard InChI is InChI=1S/C22H22F2N4O2/c23-18-7-8-19(20(24)12-18)22(30)26-9-1-2-21(29)27-13-16-3-5-17(6-4-16)14-28-11-10-25-15-28/h3-8,10-12,15H,1-2,9,13-14H2,(H,26,30)(H,27,29). The average Bonchev–Trinajstić information content (AvgIpc) is 3.23. The maximum Gasteiger partial charge on any atom is 0.254 e. The smallest absolute Gasteiger partial charge is 0.254 e. The van der Waals surface area contributed by atoms with E-state index >= 15 is 0 Å². The van der Waals surface area contributed by atoms with Crippen molar-refractivity contribution in [1.29, 1.82) is 0 Å². The SMILES string of the molecule is O=C(CCCNC(=O)c1ccc(F)cc1F)NCc1ccc(Cn2ccnc2)cc1. The predicted octanol–water partition coefficient (Wildman–Crippen LogP) is 3.04. The molecule has 0 saturated heterocycles. The number of nitrogens with zero attached hydrogens (tertiary/aromatic N) is 2. The van der Waals surface area contributed by atoms with E-state index in [1.807, 2.05) is 35.0 Å². The molecule has 156 valence electrons. The monoisotopic (exact) mass is 412 g/mol. The van der Waals surface area contributed by atoms with Gasteiger partial charge in [0.1, 0.15) is 11.6 Å². The fourth-order valence-electron chi connectivity index (χ4n) is 2.86. The molecule has 0 atom stereocenters. The molecule has 1 aromatic heterocycles. The molecule has 2 aromatic carbocycles. The van der Waals surface area contributed by atoms with Crippen molar-refractivity contribution in [2.75, 3.05) is 6.54 Å². The van der Waals surface area contributed by atoms with Gasteiger partial charge in [-0.2, -0.15) is 0 Å². The summed E-state index contributed by atoms with van der Waals surface area (Å²) in [6.45, 7) is 1.36. The third-order valence-corrected chi connectivity index (χ3v) is 4.48. The largest absolute Gasteiger partial charge is 0.352 e. The minimum absolute atomic E-state index is 0.139. The predicted molar refractivity (Wildman–Crippen MR) is 108 cm³/mol. The van der Waals surface area contributed by atoms with Crippen LogP contribution in [0.1, 0.15) is 34.3 Å². The molecule has 0 aliphatic carbocycles. The molecule has 0 aliphatic rings. The molecule has 0 unspecified atom stereocenters. The van der Waals surface area contributed by atoms with Gasteiger partial charge in [-0.1, -0.05) is 24.3 Å². The van der Waals surface area contributed by atoms with Crippen LogP contribution in [0.25, 0.3) is 0 Å². The zero-order valence-corrected chi connectivity index (χ0v) is 16.3. The van der Waals surface area contributed by atoms with E-state index in [0.29, 0.717) is 19.0 Å². The molecule has 0 bridgehead atoms. The summed E-state index contributed by atoms with van der Waals surface area (Å²) in [5, 5.41) is 5.36. The number of hydrogen-bond donors (Lipinski definition) is 2. The van der Waals surface area contributed by atoms with Crippen molar-refractivity contribution in [3.8, 4) is 0 Å². The van der Waals surface area contributed by atoms with Crippen LogP contribution in [0.2, 0.25) is 0 Å². The Hall–Kier alpha value is -3.55. The van der Waals surface area contributed by atoms with Crippen LogP contribution in [0.15, 0.2) is 61.2 Å². The van der Waals surface area contributed by atoms with Gasteiger partial charge in [0.25, 0.3) is 5.91 Å². The van der Waals surface area contributed by atoms with Gasteiger partial charge in [0.15, 0.2) is 0 Å². The number of nitrogens with one attached hydrogen (secondary N) is 2. The lowest BCUT2D eigenvalue weighted by Crippen LogP contribution is -2.28. The summed E-state index contributed by atoms with van der Waals surface area (Å²) in [6, 6.07) is 10.7. The molecular weight excluding hydrogens is 390 g/mol. The second-order valence-electron chi connectivity index (χ2n) is 6.81. The highest BCUT2D eigenvalue weighted by atomic mass is 19.1. The minimum atomic E-state index is -0.915. The molecule has 6 nitrogen and oxygen atoms in total. The molecule has 0 spiro atoms. The summed E-state index contributed by atoms with van der Waals surface area (Å²) >= 11 is 0. The Morgan fingerprint density at radius 2 is 1.77 bits per heavy atom. The number of aromatic nitrogens is 2. The number of halogens is 2. The molecule has 3 rings (SSSR count). The van der Waals surface area contributed by atoms with Crippen LogP contribution in [-0.4, -0.2) is 27.9 Å². The van der Waals surface area contributed by atoms with Crippen LogP contribution < -0.4 is 10.6 Å². The van der Waals surface area contributed by atoms with Gasteiger partial charge in [0.2, 0.25) is 5.91 Å². The zero-order chi connectivity index (χ0) is 21.3. The third-order valence-electron chi connectivity index (χ3n) is 4.48. The second-order valence-corrected chi connectivity index (χ2v) is 6.81. The summed E-state index contributed by atoms with van der Waals surface area (Å²) in [7, 11) is 0. The first-order chi connectivity index (χ1) is 14.5. The van der Waals surface area contributed by atoms with E-state index in [1.165, 1.54) is 0 Å². The molecule has 2 amide bonds. The highest BCUT2D eigenvalue weighted by Crippen LogP contribution is 2.09. The maximum absolute atomic E-state index is 13.6. The molecule has 1 heterocycles. The van der Waals surface area contributed by atoms with E-state index in [9.17, 15) is 18.4 Å². The first kappa shape index (κ1) is 21.2. The summed E-state index contributed by atoms with van der Waals surface area (Å²) in [6.07, 6.45) is 6.02. The van der Waals surface area contributed by atoms with Gasteiger partial charge in [-0.15, -0.1) is 0 Å². The lowest BCUT2D eigenvalue weighted by molar-refractivity contribution is -0.121. The van der Waals surface area contributed by atoms with E-state index < -0.39 is 17.5 Å². The minimum Gasteiger partial charge on any atom is -0.352 e. The Kier molecular flexibility index (Phi) is 7.26. The van der Waals surface area contributed by atoms with Crippen LogP contribution in [0.4, 0.5) is 8.78 Å². The van der Waals surface area contributed by atoms with E-state index in [4.69, 9.17) is 0 Å². The highest BCUT2D eigenvalue weighted by molar-refractivity contribution is 5.94. The topological polar surface area (TPSA) is 76.0 Å². The van der Waals surface area contributed by atoms with Crippen molar-refractivity contribution in [1.82, 2.24) is 20.2 Å². The van der Waals surface area contributed by atoms with Gasteiger partial charge >= 0.3 is 0 Å². The Morgan fingerprint density at radius 3 is 2.47 bits per heavy atom. The van der Waals surface area contributed by atoms with Crippen molar-refractivity contribution in [2.24, 2.45) is 0 Å². The van der Waals surface area contributed by atoms with Gasteiger partial charge in [-0.25, -0.2) is 13.8 Å². The van der Waals surface area contributed by atoms with E-state index in [-0.39, 0.29) is 24.4 Å². The van der Waals surface area contributed by atoms with Crippen molar-refractivity contribution in [2.45, 2.75) is 25.9 Å². The fourth-order valence-corrected chi connectivity index (χ4v) is 2.86. The number of benzene rings is 2. The molecule has 30 heavy (non-hydrogen) atoms.